The van der Waals surface area contributed by atoms with Gasteiger partial charge in [-0.1, -0.05) is 12.1 Å². The zero-order chi connectivity index (χ0) is 19.3. The minimum absolute atomic E-state index is 0.176. The molecule has 5 heteroatoms. The fourth-order valence-electron chi connectivity index (χ4n) is 3.94. The largest absolute Gasteiger partial charge is 0.444 e. The summed E-state index contributed by atoms with van der Waals surface area (Å²) in [7, 11) is 0. The molecule has 2 fully saturated rings. The van der Waals surface area contributed by atoms with E-state index in [-0.39, 0.29) is 6.09 Å². The first-order valence-corrected chi connectivity index (χ1v) is 10.4. The number of piperidine rings is 1. The van der Waals surface area contributed by atoms with Gasteiger partial charge in [-0.15, -0.1) is 0 Å². The highest BCUT2D eigenvalue weighted by molar-refractivity contribution is 5.68. The number of anilines is 1. The summed E-state index contributed by atoms with van der Waals surface area (Å²) in [4.78, 5) is 16.6. The van der Waals surface area contributed by atoms with Gasteiger partial charge >= 0.3 is 6.09 Å². The van der Waals surface area contributed by atoms with E-state index in [4.69, 9.17) is 4.74 Å². The van der Waals surface area contributed by atoms with Crippen LogP contribution in [0.15, 0.2) is 24.3 Å². The average Bonchev–Trinajstić information content (AvgIpc) is 3.16. The number of benzene rings is 1. The van der Waals surface area contributed by atoms with Crippen molar-refractivity contribution in [3.63, 3.8) is 0 Å². The van der Waals surface area contributed by atoms with Crippen LogP contribution in [0.5, 0.6) is 0 Å². The average molecular weight is 374 g/mol. The molecular weight excluding hydrogens is 338 g/mol. The Hall–Kier alpha value is -1.75. The normalized spacial score (nSPS) is 20.8. The number of nitrogens with one attached hydrogen (secondary N) is 1. The van der Waals surface area contributed by atoms with Gasteiger partial charge < -0.3 is 19.9 Å². The SMILES string of the molecule is CC(C)(C)OC(=O)N1CCCC(CNCc2ccc(N3CCCC3)cc2)C1. The van der Waals surface area contributed by atoms with E-state index in [0.29, 0.717) is 5.92 Å². The van der Waals surface area contributed by atoms with E-state index in [0.717, 1.165) is 32.6 Å². The van der Waals surface area contributed by atoms with Crippen LogP contribution in [-0.2, 0) is 11.3 Å². The van der Waals surface area contributed by atoms with Crippen LogP contribution < -0.4 is 10.2 Å². The molecule has 1 amide bonds. The number of nitrogens with zero attached hydrogens (tertiary/aromatic N) is 2. The minimum atomic E-state index is -0.427. The van der Waals surface area contributed by atoms with Crippen LogP contribution in [0.1, 0.15) is 52.0 Å². The molecule has 2 heterocycles. The number of carbonyl (C=O) groups excluding carboxylic acids is 1. The minimum Gasteiger partial charge on any atom is -0.444 e. The lowest BCUT2D eigenvalue weighted by Gasteiger charge is -2.34. The summed E-state index contributed by atoms with van der Waals surface area (Å²) in [6, 6.07) is 8.95. The molecule has 0 radical (unpaired) electrons. The van der Waals surface area contributed by atoms with Gasteiger partial charge in [0.05, 0.1) is 0 Å². The van der Waals surface area contributed by atoms with E-state index in [1.165, 1.54) is 43.6 Å². The van der Waals surface area contributed by atoms with Crippen molar-refractivity contribution in [3.8, 4) is 0 Å². The Bertz CT molecular complexity index is 603. The van der Waals surface area contributed by atoms with Gasteiger partial charge in [-0.25, -0.2) is 4.79 Å². The summed E-state index contributed by atoms with van der Waals surface area (Å²) in [5.41, 5.74) is 2.23. The van der Waals surface area contributed by atoms with Gasteiger partial charge in [-0.3, -0.25) is 0 Å². The zero-order valence-corrected chi connectivity index (χ0v) is 17.2. The summed E-state index contributed by atoms with van der Waals surface area (Å²) in [5, 5.41) is 3.58. The standard InChI is InChI=1S/C22H35N3O2/c1-22(2,3)27-21(26)25-14-6-7-19(17-25)16-23-15-18-8-10-20(11-9-18)24-12-4-5-13-24/h8-11,19,23H,4-7,12-17H2,1-3H3. The van der Waals surface area contributed by atoms with E-state index >= 15 is 0 Å². The second kappa shape index (κ2) is 8.96. The van der Waals surface area contributed by atoms with Gasteiger partial charge in [0.25, 0.3) is 0 Å². The Balaban J connectivity index is 1.41. The second-order valence-electron chi connectivity index (χ2n) is 8.93. The first-order valence-electron chi connectivity index (χ1n) is 10.4. The lowest BCUT2D eigenvalue weighted by atomic mass is 9.98. The maximum atomic E-state index is 12.3. The molecule has 0 saturated carbocycles. The summed E-state index contributed by atoms with van der Waals surface area (Å²) >= 11 is 0. The third-order valence-electron chi connectivity index (χ3n) is 5.34. The van der Waals surface area contributed by atoms with Gasteiger partial charge in [-0.2, -0.15) is 0 Å². The fraction of sp³-hybridized carbons (Fsp3) is 0.682. The molecule has 1 atom stereocenters. The topological polar surface area (TPSA) is 44.8 Å². The summed E-state index contributed by atoms with van der Waals surface area (Å²) < 4.78 is 5.52. The van der Waals surface area contributed by atoms with Crippen LogP contribution in [0.4, 0.5) is 10.5 Å². The molecule has 0 bridgehead atoms. The van der Waals surface area contributed by atoms with Gasteiger partial charge in [0.1, 0.15) is 5.60 Å². The Labute approximate surface area is 164 Å². The van der Waals surface area contributed by atoms with Gasteiger partial charge in [0, 0.05) is 38.4 Å². The lowest BCUT2D eigenvalue weighted by molar-refractivity contribution is 0.0166. The van der Waals surface area contributed by atoms with Crippen LogP contribution in [0, 0.1) is 5.92 Å². The number of likely N-dealkylation sites (tertiary alicyclic amines) is 1. The van der Waals surface area contributed by atoms with Crippen molar-refractivity contribution in [3.05, 3.63) is 29.8 Å². The monoisotopic (exact) mass is 373 g/mol. The van der Waals surface area contributed by atoms with E-state index in [1.54, 1.807) is 0 Å². The van der Waals surface area contributed by atoms with E-state index in [1.807, 2.05) is 25.7 Å². The molecule has 1 aromatic carbocycles. The molecule has 2 aliphatic rings. The lowest BCUT2D eigenvalue weighted by Crippen LogP contribution is -2.44. The summed E-state index contributed by atoms with van der Waals surface area (Å²) in [6.45, 7) is 11.5. The summed E-state index contributed by atoms with van der Waals surface area (Å²) in [5.74, 6) is 0.496. The van der Waals surface area contributed by atoms with Gasteiger partial charge in [0.2, 0.25) is 0 Å². The molecule has 1 aromatic rings. The van der Waals surface area contributed by atoms with Crippen LogP contribution >= 0.6 is 0 Å². The molecule has 0 aromatic heterocycles. The Kier molecular flexibility index (Phi) is 6.64. The molecule has 0 spiro atoms. The summed E-state index contributed by atoms with van der Waals surface area (Å²) in [6.07, 6.45) is 4.66. The van der Waals surface area contributed by atoms with Crippen molar-refractivity contribution in [2.75, 3.05) is 37.6 Å². The molecule has 1 N–H and O–H groups in total. The first kappa shape index (κ1) is 20.0. The number of amides is 1. The molecule has 0 aliphatic carbocycles. The molecule has 2 aliphatic heterocycles. The fourth-order valence-corrected chi connectivity index (χ4v) is 3.94. The van der Waals surface area contributed by atoms with Crippen LogP contribution in [0.2, 0.25) is 0 Å². The smallest absolute Gasteiger partial charge is 0.410 e. The number of hydrogen-bond donors (Lipinski definition) is 1. The van der Waals surface area contributed by atoms with Gasteiger partial charge in [-0.05, 0) is 76.6 Å². The predicted molar refractivity (Wildman–Crippen MR) is 110 cm³/mol. The highest BCUT2D eigenvalue weighted by atomic mass is 16.6. The van der Waals surface area contributed by atoms with Crippen molar-refractivity contribution < 1.29 is 9.53 Å². The molecule has 150 valence electrons. The van der Waals surface area contributed by atoms with Crippen molar-refractivity contribution in [2.45, 2.75) is 58.6 Å². The highest BCUT2D eigenvalue weighted by Gasteiger charge is 2.27. The van der Waals surface area contributed by atoms with Crippen LogP contribution in [0.25, 0.3) is 0 Å². The maximum Gasteiger partial charge on any atom is 0.410 e. The third kappa shape index (κ3) is 6.13. The number of rotatable bonds is 5. The number of hydrogen-bond acceptors (Lipinski definition) is 4. The number of carbonyl (C=O) groups is 1. The van der Waals surface area contributed by atoms with Gasteiger partial charge in [0.15, 0.2) is 0 Å². The van der Waals surface area contributed by atoms with Crippen molar-refractivity contribution in [2.24, 2.45) is 5.92 Å². The second-order valence-corrected chi connectivity index (χ2v) is 8.93. The zero-order valence-electron chi connectivity index (χ0n) is 17.2. The van der Waals surface area contributed by atoms with Crippen molar-refractivity contribution >= 4 is 11.8 Å². The van der Waals surface area contributed by atoms with E-state index in [9.17, 15) is 4.79 Å². The van der Waals surface area contributed by atoms with Crippen molar-refractivity contribution in [1.29, 1.82) is 0 Å². The molecule has 1 unspecified atom stereocenters. The maximum absolute atomic E-state index is 12.3. The van der Waals surface area contributed by atoms with Crippen LogP contribution in [0.3, 0.4) is 0 Å². The van der Waals surface area contributed by atoms with E-state index < -0.39 is 5.60 Å². The molecule has 2 saturated heterocycles. The Morgan fingerprint density at radius 2 is 1.81 bits per heavy atom. The Morgan fingerprint density at radius 1 is 1.11 bits per heavy atom. The molecular formula is C22H35N3O2. The predicted octanol–water partition coefficient (Wildman–Crippen LogP) is 4.02. The third-order valence-corrected chi connectivity index (χ3v) is 5.34. The quantitative estimate of drug-likeness (QED) is 0.847. The van der Waals surface area contributed by atoms with Crippen molar-refractivity contribution in [1.82, 2.24) is 10.2 Å². The Morgan fingerprint density at radius 3 is 2.48 bits per heavy atom. The molecule has 3 rings (SSSR count). The molecule has 5 nitrogen and oxygen atoms in total. The molecule has 27 heavy (non-hydrogen) atoms. The van der Waals surface area contributed by atoms with Crippen LogP contribution in [-0.4, -0.2) is 49.3 Å². The van der Waals surface area contributed by atoms with E-state index in [2.05, 4.69) is 34.5 Å². The highest BCUT2D eigenvalue weighted by Crippen LogP contribution is 2.21. The number of ether oxygens (including phenoxy) is 1. The first-order chi connectivity index (χ1) is 12.9.